The van der Waals surface area contributed by atoms with Gasteiger partial charge in [-0.25, -0.2) is 0 Å². The van der Waals surface area contributed by atoms with Crippen LogP contribution in [0.5, 0.6) is 0 Å². The lowest BCUT2D eigenvalue weighted by Crippen LogP contribution is -2.48. The minimum atomic E-state index is -4.08. The van der Waals surface area contributed by atoms with Gasteiger partial charge in [0.1, 0.15) is 0 Å². The van der Waals surface area contributed by atoms with Crippen molar-refractivity contribution in [2.24, 2.45) is 0 Å². The van der Waals surface area contributed by atoms with Crippen molar-refractivity contribution >= 4 is 0 Å². The van der Waals surface area contributed by atoms with Crippen LogP contribution in [0, 0.1) is 0 Å². The molecule has 1 heterocycles. The minimum absolute atomic E-state index is 0.0308. The highest BCUT2D eigenvalue weighted by atomic mass is 19.4. The molecule has 0 aromatic rings. The number of hydrogen-bond acceptors (Lipinski definition) is 3. The van der Waals surface area contributed by atoms with Gasteiger partial charge in [-0.15, -0.1) is 0 Å². The Morgan fingerprint density at radius 1 is 1.38 bits per heavy atom. The van der Waals surface area contributed by atoms with E-state index >= 15 is 0 Å². The minimum Gasteiger partial charge on any atom is -0.394 e. The molecule has 1 fully saturated rings. The van der Waals surface area contributed by atoms with Crippen LogP contribution in [-0.2, 0) is 4.74 Å². The summed E-state index contributed by atoms with van der Waals surface area (Å²) < 4.78 is 41.2. The number of rotatable bonds is 4. The van der Waals surface area contributed by atoms with Gasteiger partial charge in [0.25, 0.3) is 0 Å². The van der Waals surface area contributed by atoms with E-state index in [1.54, 1.807) is 0 Å². The standard InChI is InChI=1S/C10H18F3NO2/c1-8-5-14(6-9(7-15)16-8)4-2-3-10(11,12)13/h8-9,15H,2-7H2,1H3. The highest BCUT2D eigenvalue weighted by Crippen LogP contribution is 2.22. The third-order valence-electron chi connectivity index (χ3n) is 2.54. The maximum atomic E-state index is 11.9. The van der Waals surface area contributed by atoms with Gasteiger partial charge in [-0.1, -0.05) is 0 Å². The van der Waals surface area contributed by atoms with Gasteiger partial charge in [0.05, 0.1) is 18.8 Å². The van der Waals surface area contributed by atoms with Gasteiger partial charge in [0.2, 0.25) is 0 Å². The first-order chi connectivity index (χ1) is 7.40. The molecule has 0 amide bonds. The van der Waals surface area contributed by atoms with Gasteiger partial charge in [0.15, 0.2) is 0 Å². The molecule has 1 aliphatic rings. The van der Waals surface area contributed by atoms with Crippen LogP contribution in [0.2, 0.25) is 0 Å². The van der Waals surface area contributed by atoms with Gasteiger partial charge in [-0.05, 0) is 19.9 Å². The maximum absolute atomic E-state index is 11.9. The molecule has 0 aliphatic carbocycles. The average Bonchev–Trinajstić information content (AvgIpc) is 2.14. The van der Waals surface area contributed by atoms with Crippen molar-refractivity contribution in [1.82, 2.24) is 4.90 Å². The molecule has 16 heavy (non-hydrogen) atoms. The molecule has 3 nitrogen and oxygen atoms in total. The van der Waals surface area contributed by atoms with Gasteiger partial charge in [-0.3, -0.25) is 4.90 Å². The number of halogens is 3. The van der Waals surface area contributed by atoms with Crippen molar-refractivity contribution in [3.63, 3.8) is 0 Å². The number of aliphatic hydroxyl groups excluding tert-OH is 1. The lowest BCUT2D eigenvalue weighted by molar-refractivity contribution is -0.138. The summed E-state index contributed by atoms with van der Waals surface area (Å²) in [5.41, 5.74) is 0. The summed E-state index contributed by atoms with van der Waals surface area (Å²) in [5.74, 6) is 0. The monoisotopic (exact) mass is 241 g/mol. The van der Waals surface area contributed by atoms with E-state index in [0.29, 0.717) is 19.6 Å². The molecule has 96 valence electrons. The van der Waals surface area contributed by atoms with Crippen molar-refractivity contribution in [3.8, 4) is 0 Å². The molecule has 1 saturated heterocycles. The second-order valence-electron chi connectivity index (χ2n) is 4.23. The van der Waals surface area contributed by atoms with Crippen LogP contribution in [0.4, 0.5) is 13.2 Å². The molecule has 0 aromatic heterocycles. The Morgan fingerprint density at radius 3 is 2.62 bits per heavy atom. The molecule has 2 atom stereocenters. The van der Waals surface area contributed by atoms with E-state index in [4.69, 9.17) is 9.84 Å². The van der Waals surface area contributed by atoms with Crippen LogP contribution in [0.1, 0.15) is 19.8 Å². The number of ether oxygens (including phenoxy) is 1. The summed E-state index contributed by atoms with van der Waals surface area (Å²) in [5, 5.41) is 8.95. The Balaban J connectivity index is 2.26. The summed E-state index contributed by atoms with van der Waals surface area (Å²) in [4.78, 5) is 1.92. The van der Waals surface area contributed by atoms with Gasteiger partial charge >= 0.3 is 6.18 Å². The van der Waals surface area contributed by atoms with Crippen LogP contribution in [0.3, 0.4) is 0 Å². The van der Waals surface area contributed by atoms with Crippen molar-refractivity contribution in [3.05, 3.63) is 0 Å². The van der Waals surface area contributed by atoms with E-state index in [-0.39, 0.29) is 25.2 Å². The molecule has 0 aromatic carbocycles. The predicted octanol–water partition coefficient (Wildman–Crippen LogP) is 1.41. The fourth-order valence-electron chi connectivity index (χ4n) is 1.93. The molecule has 2 unspecified atom stereocenters. The number of morpholine rings is 1. The zero-order valence-electron chi connectivity index (χ0n) is 9.33. The second kappa shape index (κ2) is 5.84. The Hall–Kier alpha value is -0.330. The first-order valence-corrected chi connectivity index (χ1v) is 5.46. The van der Waals surface area contributed by atoms with Crippen LogP contribution in [0.25, 0.3) is 0 Å². The average molecular weight is 241 g/mol. The molecule has 1 rings (SSSR count). The third kappa shape index (κ3) is 5.14. The van der Waals surface area contributed by atoms with Gasteiger partial charge < -0.3 is 9.84 Å². The SMILES string of the molecule is CC1CN(CCCC(F)(F)F)CC(CO)O1. The van der Waals surface area contributed by atoms with Crippen molar-refractivity contribution in [2.45, 2.75) is 38.1 Å². The Bertz CT molecular complexity index is 211. The molecule has 0 bridgehead atoms. The molecular formula is C10H18F3NO2. The van der Waals surface area contributed by atoms with E-state index in [1.807, 2.05) is 11.8 Å². The fourth-order valence-corrected chi connectivity index (χ4v) is 1.93. The Morgan fingerprint density at radius 2 is 2.06 bits per heavy atom. The summed E-state index contributed by atoms with van der Waals surface area (Å²) >= 11 is 0. The lowest BCUT2D eigenvalue weighted by atomic mass is 10.2. The molecule has 1 N–H and O–H groups in total. The summed E-state index contributed by atoms with van der Waals surface area (Å²) in [6, 6.07) is 0. The van der Waals surface area contributed by atoms with E-state index in [1.165, 1.54) is 0 Å². The Kier molecular flexibility index (Phi) is 5.01. The van der Waals surface area contributed by atoms with Crippen LogP contribution >= 0.6 is 0 Å². The summed E-state index contributed by atoms with van der Waals surface area (Å²) in [6.07, 6.45) is -5.02. The lowest BCUT2D eigenvalue weighted by Gasteiger charge is -2.36. The first kappa shape index (κ1) is 13.7. The summed E-state index contributed by atoms with van der Waals surface area (Å²) in [6.45, 7) is 3.33. The first-order valence-electron chi connectivity index (χ1n) is 5.46. The molecule has 6 heteroatoms. The summed E-state index contributed by atoms with van der Waals surface area (Å²) in [7, 11) is 0. The number of aliphatic hydroxyl groups is 1. The molecule has 0 spiro atoms. The molecule has 1 aliphatic heterocycles. The zero-order chi connectivity index (χ0) is 12.2. The quantitative estimate of drug-likeness (QED) is 0.807. The number of alkyl halides is 3. The van der Waals surface area contributed by atoms with E-state index in [0.717, 1.165) is 0 Å². The van der Waals surface area contributed by atoms with Crippen LogP contribution in [-0.4, -0.2) is 54.6 Å². The maximum Gasteiger partial charge on any atom is 0.389 e. The number of hydrogen-bond donors (Lipinski definition) is 1. The smallest absolute Gasteiger partial charge is 0.389 e. The second-order valence-corrected chi connectivity index (χ2v) is 4.23. The highest BCUT2D eigenvalue weighted by molar-refractivity contribution is 4.75. The van der Waals surface area contributed by atoms with E-state index in [2.05, 4.69) is 0 Å². The normalized spacial score (nSPS) is 28.3. The van der Waals surface area contributed by atoms with Crippen molar-refractivity contribution < 1.29 is 23.0 Å². The Labute approximate surface area is 93.2 Å². The van der Waals surface area contributed by atoms with Gasteiger partial charge in [-0.2, -0.15) is 13.2 Å². The van der Waals surface area contributed by atoms with Gasteiger partial charge in [0, 0.05) is 19.5 Å². The largest absolute Gasteiger partial charge is 0.394 e. The highest BCUT2D eigenvalue weighted by Gasteiger charge is 2.28. The third-order valence-corrected chi connectivity index (χ3v) is 2.54. The van der Waals surface area contributed by atoms with Crippen LogP contribution < -0.4 is 0 Å². The van der Waals surface area contributed by atoms with E-state index in [9.17, 15) is 13.2 Å². The van der Waals surface area contributed by atoms with Crippen molar-refractivity contribution in [1.29, 1.82) is 0 Å². The van der Waals surface area contributed by atoms with Crippen LogP contribution in [0.15, 0.2) is 0 Å². The fraction of sp³-hybridized carbons (Fsp3) is 1.00. The molecule has 0 radical (unpaired) electrons. The van der Waals surface area contributed by atoms with Crippen molar-refractivity contribution in [2.75, 3.05) is 26.2 Å². The van der Waals surface area contributed by atoms with E-state index < -0.39 is 12.6 Å². The topological polar surface area (TPSA) is 32.7 Å². The number of nitrogens with zero attached hydrogens (tertiary/aromatic N) is 1. The zero-order valence-corrected chi connectivity index (χ0v) is 9.33. The predicted molar refractivity (Wildman–Crippen MR) is 53.1 cm³/mol. The molecule has 0 saturated carbocycles. The molecular weight excluding hydrogens is 223 g/mol.